The highest BCUT2D eigenvalue weighted by Crippen LogP contribution is 2.23. The summed E-state index contributed by atoms with van der Waals surface area (Å²) >= 11 is 3.49. The number of aromatic nitrogens is 2. The zero-order chi connectivity index (χ0) is 16.7. The molecule has 2 aliphatic rings. The van der Waals surface area contributed by atoms with Gasteiger partial charge >= 0.3 is 0 Å². The summed E-state index contributed by atoms with van der Waals surface area (Å²) < 4.78 is 2.83. The molecule has 2 unspecified atom stereocenters. The first kappa shape index (κ1) is 15.8. The summed E-state index contributed by atoms with van der Waals surface area (Å²) in [6.07, 6.45) is 5.16. The van der Waals surface area contributed by atoms with Gasteiger partial charge in [0, 0.05) is 29.6 Å². The van der Waals surface area contributed by atoms with Gasteiger partial charge in [-0.05, 0) is 44.4 Å². The van der Waals surface area contributed by atoms with Gasteiger partial charge in [0.1, 0.15) is 0 Å². The van der Waals surface area contributed by atoms with Crippen molar-refractivity contribution in [3.63, 3.8) is 0 Å². The summed E-state index contributed by atoms with van der Waals surface area (Å²) in [5.74, 6) is 0.100. The van der Waals surface area contributed by atoms with Gasteiger partial charge in [0.2, 0.25) is 0 Å². The SMILES string of the molecule is Cc1c(C(=O)N2CCC3CCC(C2)N3)cnn1-c1cccc(Br)c1. The van der Waals surface area contributed by atoms with Gasteiger partial charge in [-0.2, -0.15) is 5.10 Å². The van der Waals surface area contributed by atoms with E-state index in [0.717, 1.165) is 35.4 Å². The molecule has 2 atom stereocenters. The number of nitrogens with zero attached hydrogens (tertiary/aromatic N) is 3. The van der Waals surface area contributed by atoms with Gasteiger partial charge in [0.05, 0.1) is 23.1 Å². The van der Waals surface area contributed by atoms with Gasteiger partial charge in [0.15, 0.2) is 0 Å². The highest BCUT2D eigenvalue weighted by Gasteiger charge is 2.32. The lowest BCUT2D eigenvalue weighted by Gasteiger charge is -2.24. The summed E-state index contributed by atoms with van der Waals surface area (Å²) in [5.41, 5.74) is 2.55. The molecule has 2 fully saturated rings. The molecular weight excluding hydrogens is 368 g/mol. The molecule has 0 radical (unpaired) electrons. The van der Waals surface area contributed by atoms with Crippen LogP contribution in [0.4, 0.5) is 0 Å². The van der Waals surface area contributed by atoms with Crippen molar-refractivity contribution in [3.05, 3.63) is 46.2 Å². The van der Waals surface area contributed by atoms with Crippen LogP contribution >= 0.6 is 15.9 Å². The molecule has 0 aliphatic carbocycles. The molecule has 2 aromatic rings. The van der Waals surface area contributed by atoms with Gasteiger partial charge in [-0.1, -0.05) is 22.0 Å². The summed E-state index contributed by atoms with van der Waals surface area (Å²) in [4.78, 5) is 15.0. The fourth-order valence-electron chi connectivity index (χ4n) is 3.79. The van der Waals surface area contributed by atoms with Crippen molar-refractivity contribution in [3.8, 4) is 5.69 Å². The normalized spacial score (nSPS) is 23.3. The van der Waals surface area contributed by atoms with Crippen molar-refractivity contribution >= 4 is 21.8 Å². The minimum atomic E-state index is 0.100. The molecule has 1 aromatic heterocycles. The van der Waals surface area contributed by atoms with E-state index in [-0.39, 0.29) is 5.91 Å². The van der Waals surface area contributed by atoms with Crippen molar-refractivity contribution < 1.29 is 4.79 Å². The van der Waals surface area contributed by atoms with E-state index in [1.165, 1.54) is 12.8 Å². The zero-order valence-corrected chi connectivity index (χ0v) is 15.3. The molecule has 6 heteroatoms. The molecule has 5 nitrogen and oxygen atoms in total. The Morgan fingerprint density at radius 1 is 1.29 bits per heavy atom. The average Bonchev–Trinajstić information content (AvgIpc) is 3.09. The molecule has 4 rings (SSSR count). The first-order valence-corrected chi connectivity index (χ1v) is 9.27. The highest BCUT2D eigenvalue weighted by atomic mass is 79.9. The molecule has 2 aliphatic heterocycles. The molecule has 3 heterocycles. The molecule has 1 aromatic carbocycles. The lowest BCUT2D eigenvalue weighted by atomic mass is 10.1. The van der Waals surface area contributed by atoms with E-state index in [4.69, 9.17) is 0 Å². The summed E-state index contributed by atoms with van der Waals surface area (Å²) in [6, 6.07) is 8.98. The maximum Gasteiger partial charge on any atom is 0.257 e. The van der Waals surface area contributed by atoms with Crippen LogP contribution in [0, 0.1) is 6.92 Å². The second-order valence-corrected chi connectivity index (χ2v) is 7.63. The second-order valence-electron chi connectivity index (χ2n) is 6.71. The number of rotatable bonds is 2. The summed E-state index contributed by atoms with van der Waals surface area (Å²) in [6.45, 7) is 3.59. The number of halogens is 1. The number of fused-ring (bicyclic) bond motifs is 2. The molecule has 126 valence electrons. The Labute approximate surface area is 150 Å². The molecule has 0 saturated carbocycles. The Morgan fingerprint density at radius 3 is 2.96 bits per heavy atom. The zero-order valence-electron chi connectivity index (χ0n) is 13.7. The van der Waals surface area contributed by atoms with Gasteiger partial charge in [-0.3, -0.25) is 4.79 Å². The van der Waals surface area contributed by atoms with Crippen LogP contribution < -0.4 is 5.32 Å². The van der Waals surface area contributed by atoms with E-state index < -0.39 is 0 Å². The number of amides is 1. The number of likely N-dealkylation sites (tertiary alicyclic amines) is 1. The summed E-state index contributed by atoms with van der Waals surface area (Å²) in [7, 11) is 0. The summed E-state index contributed by atoms with van der Waals surface area (Å²) in [5, 5.41) is 8.07. The van der Waals surface area contributed by atoms with E-state index in [9.17, 15) is 4.79 Å². The third-order valence-electron chi connectivity index (χ3n) is 5.10. The molecular formula is C18H21BrN4O. The van der Waals surface area contributed by atoms with E-state index in [1.54, 1.807) is 6.20 Å². The van der Waals surface area contributed by atoms with Crippen molar-refractivity contribution in [2.75, 3.05) is 13.1 Å². The molecule has 24 heavy (non-hydrogen) atoms. The first-order valence-electron chi connectivity index (χ1n) is 8.47. The predicted octanol–water partition coefficient (Wildman–Crippen LogP) is 2.91. The number of carbonyl (C=O) groups excluding carboxylic acids is 1. The lowest BCUT2D eigenvalue weighted by Crippen LogP contribution is -2.39. The minimum absolute atomic E-state index is 0.100. The van der Waals surface area contributed by atoms with Crippen LogP contribution in [0.25, 0.3) is 5.69 Å². The Kier molecular flexibility index (Phi) is 4.18. The van der Waals surface area contributed by atoms with Crippen LogP contribution in [0.15, 0.2) is 34.9 Å². The van der Waals surface area contributed by atoms with Crippen LogP contribution in [-0.4, -0.2) is 45.8 Å². The van der Waals surface area contributed by atoms with Gasteiger partial charge < -0.3 is 10.2 Å². The molecule has 0 spiro atoms. The van der Waals surface area contributed by atoms with Crippen molar-refractivity contribution in [2.24, 2.45) is 0 Å². The third-order valence-corrected chi connectivity index (χ3v) is 5.60. The predicted molar refractivity (Wildman–Crippen MR) is 96.5 cm³/mol. The Bertz CT molecular complexity index is 772. The van der Waals surface area contributed by atoms with Crippen LogP contribution in [-0.2, 0) is 0 Å². The minimum Gasteiger partial charge on any atom is -0.337 e. The standard InChI is InChI=1S/C18H21BrN4O/c1-12-17(10-20-23(12)16-4-2-3-13(19)9-16)18(24)22-8-7-14-5-6-15(11-22)21-14/h2-4,9-10,14-15,21H,5-8,11H2,1H3. The molecule has 2 saturated heterocycles. The van der Waals surface area contributed by atoms with Crippen molar-refractivity contribution in [1.29, 1.82) is 0 Å². The highest BCUT2D eigenvalue weighted by molar-refractivity contribution is 9.10. The Morgan fingerprint density at radius 2 is 2.12 bits per heavy atom. The fraction of sp³-hybridized carbons (Fsp3) is 0.444. The van der Waals surface area contributed by atoms with E-state index >= 15 is 0 Å². The number of hydrogen-bond donors (Lipinski definition) is 1. The average molecular weight is 389 g/mol. The van der Waals surface area contributed by atoms with Gasteiger partial charge in [-0.15, -0.1) is 0 Å². The van der Waals surface area contributed by atoms with E-state index in [1.807, 2.05) is 40.8 Å². The van der Waals surface area contributed by atoms with Crippen LogP contribution in [0.5, 0.6) is 0 Å². The Hall–Kier alpha value is -1.66. The number of carbonyl (C=O) groups is 1. The van der Waals surface area contributed by atoms with Crippen molar-refractivity contribution in [1.82, 2.24) is 20.0 Å². The maximum absolute atomic E-state index is 13.0. The van der Waals surface area contributed by atoms with Gasteiger partial charge in [0.25, 0.3) is 5.91 Å². The quantitative estimate of drug-likeness (QED) is 0.860. The fourth-order valence-corrected chi connectivity index (χ4v) is 4.17. The topological polar surface area (TPSA) is 50.2 Å². The maximum atomic E-state index is 13.0. The second kappa shape index (κ2) is 6.33. The van der Waals surface area contributed by atoms with E-state index in [2.05, 4.69) is 26.3 Å². The number of benzene rings is 1. The van der Waals surface area contributed by atoms with Gasteiger partial charge in [-0.25, -0.2) is 4.68 Å². The largest absolute Gasteiger partial charge is 0.337 e. The van der Waals surface area contributed by atoms with Crippen molar-refractivity contribution in [2.45, 2.75) is 38.3 Å². The van der Waals surface area contributed by atoms with E-state index in [0.29, 0.717) is 17.6 Å². The molecule has 1 N–H and O–H groups in total. The van der Waals surface area contributed by atoms with Crippen LogP contribution in [0.3, 0.4) is 0 Å². The molecule has 2 bridgehead atoms. The Balaban J connectivity index is 1.59. The van der Waals surface area contributed by atoms with Crippen LogP contribution in [0.2, 0.25) is 0 Å². The third kappa shape index (κ3) is 2.89. The molecule has 1 amide bonds. The van der Waals surface area contributed by atoms with Crippen LogP contribution in [0.1, 0.15) is 35.3 Å². The first-order chi connectivity index (χ1) is 11.6. The smallest absolute Gasteiger partial charge is 0.257 e. The number of hydrogen-bond acceptors (Lipinski definition) is 3. The monoisotopic (exact) mass is 388 g/mol. The number of nitrogens with one attached hydrogen (secondary N) is 1. The lowest BCUT2D eigenvalue weighted by molar-refractivity contribution is 0.0747.